The number of nitrogens with zero attached hydrogens (tertiary/aromatic N) is 2. The van der Waals surface area contributed by atoms with Crippen LogP contribution in [-0.4, -0.2) is 50.7 Å². The molecule has 0 amide bonds. The van der Waals surface area contributed by atoms with E-state index in [1.54, 1.807) is 44.2 Å². The van der Waals surface area contributed by atoms with Gasteiger partial charge in [0.2, 0.25) is 0 Å². The molecule has 13 heteroatoms. The van der Waals surface area contributed by atoms with Gasteiger partial charge in [0.1, 0.15) is 17.6 Å². The van der Waals surface area contributed by atoms with Crippen molar-refractivity contribution in [2.75, 3.05) is 12.3 Å². The molecule has 0 bridgehead atoms. The number of para-hydroxylation sites is 1. The molecule has 1 aliphatic heterocycles. The Kier molecular flexibility index (Phi) is 8.78. The third kappa shape index (κ3) is 7.07. The van der Waals surface area contributed by atoms with Crippen molar-refractivity contribution in [3.63, 3.8) is 0 Å². The summed E-state index contributed by atoms with van der Waals surface area (Å²) < 4.78 is 31.4. The van der Waals surface area contributed by atoms with Crippen molar-refractivity contribution < 1.29 is 28.3 Å². The van der Waals surface area contributed by atoms with Gasteiger partial charge in [-0.2, -0.15) is 10.1 Å². The maximum Gasteiger partial charge on any atom is 0.459 e. The van der Waals surface area contributed by atoms with E-state index in [1.807, 2.05) is 0 Å². The molecule has 186 valence electrons. The van der Waals surface area contributed by atoms with E-state index in [0.29, 0.717) is 0 Å². The summed E-state index contributed by atoms with van der Waals surface area (Å²) in [6, 6.07) is 8.90. The molecule has 1 saturated heterocycles. The molecule has 4 N–H and O–H groups in total. The smallest absolute Gasteiger partial charge is 0.459 e. The number of nitrogens with two attached hydrogens (primary N) is 1. The molecule has 34 heavy (non-hydrogen) atoms. The molecular formula is C21H29N4O7PS. The van der Waals surface area contributed by atoms with Gasteiger partial charge in [0.15, 0.2) is 0 Å². The number of thioether (sulfide) groups is 1. The minimum absolute atomic E-state index is 0.111. The Morgan fingerprint density at radius 2 is 2.03 bits per heavy atom. The number of esters is 1. The molecule has 1 aromatic heterocycles. The first kappa shape index (κ1) is 26.2. The van der Waals surface area contributed by atoms with Crippen LogP contribution in [0.3, 0.4) is 0 Å². The highest BCUT2D eigenvalue weighted by molar-refractivity contribution is 8.00. The first-order valence-electron chi connectivity index (χ1n) is 10.7. The lowest BCUT2D eigenvalue weighted by atomic mass is 10.2. The number of benzene rings is 1. The second-order valence-corrected chi connectivity index (χ2v) is 11.1. The van der Waals surface area contributed by atoms with E-state index in [1.165, 1.54) is 35.5 Å². The number of aliphatic hydroxyl groups is 1. The summed E-state index contributed by atoms with van der Waals surface area (Å²) in [5.41, 5.74) is 5.02. The fourth-order valence-corrected chi connectivity index (χ4v) is 6.25. The highest BCUT2D eigenvalue weighted by atomic mass is 32.2. The molecule has 0 saturated carbocycles. The molecule has 1 fully saturated rings. The van der Waals surface area contributed by atoms with Gasteiger partial charge in [-0.25, -0.2) is 9.36 Å². The Morgan fingerprint density at radius 1 is 1.32 bits per heavy atom. The maximum atomic E-state index is 13.6. The average molecular weight is 513 g/mol. The minimum Gasteiger partial charge on any atom is -0.462 e. The average Bonchev–Trinajstić information content (AvgIpc) is 3.12. The van der Waals surface area contributed by atoms with Crippen molar-refractivity contribution in [2.45, 2.75) is 56.1 Å². The number of rotatable bonds is 10. The van der Waals surface area contributed by atoms with Crippen LogP contribution < -0.4 is 21.0 Å². The minimum atomic E-state index is -4.05. The summed E-state index contributed by atoms with van der Waals surface area (Å²) >= 11 is 1.28. The quantitative estimate of drug-likeness (QED) is 0.317. The number of carbonyl (C=O) groups excluding carboxylic acids is 1. The van der Waals surface area contributed by atoms with Crippen molar-refractivity contribution in [3.05, 3.63) is 53.1 Å². The van der Waals surface area contributed by atoms with Gasteiger partial charge >= 0.3 is 19.4 Å². The number of aromatic nitrogens is 2. The van der Waals surface area contributed by atoms with E-state index in [2.05, 4.69) is 10.1 Å². The summed E-state index contributed by atoms with van der Waals surface area (Å²) in [5, 5.41) is 12.2. The van der Waals surface area contributed by atoms with E-state index in [4.69, 9.17) is 19.5 Å². The third-order valence-corrected chi connectivity index (χ3v) is 7.98. The number of hydrogen-bond acceptors (Lipinski definition) is 10. The number of nitrogen functional groups attached to an aromatic ring is 1. The number of carbonyl (C=O) groups is 1. The summed E-state index contributed by atoms with van der Waals surface area (Å²) in [4.78, 5) is 28.1. The zero-order valence-electron chi connectivity index (χ0n) is 19.1. The molecule has 0 aliphatic carbocycles. The van der Waals surface area contributed by atoms with Gasteiger partial charge in [0.25, 0.3) is 0 Å². The number of ether oxygens (including phenoxy) is 1. The molecule has 1 aliphatic rings. The molecule has 2 heterocycles. The number of hydrogen-bond donors (Lipinski definition) is 3. The Labute approximate surface area is 201 Å². The SMILES string of the molecule is CC(C)OC(=O)[C@H](C)N[P@](=O)(OC[C@H]1S[C@H](n2ccc(N)nc2=O)C[C@@H]1O)Oc1ccccc1. The van der Waals surface area contributed by atoms with E-state index in [0.717, 1.165) is 0 Å². The summed E-state index contributed by atoms with van der Waals surface area (Å²) in [6.45, 7) is 4.74. The van der Waals surface area contributed by atoms with Crippen LogP contribution in [0, 0.1) is 0 Å². The molecular weight excluding hydrogens is 483 g/mol. The van der Waals surface area contributed by atoms with Crippen LogP contribution in [0.5, 0.6) is 5.75 Å². The van der Waals surface area contributed by atoms with Gasteiger partial charge in [0.05, 0.1) is 29.4 Å². The van der Waals surface area contributed by atoms with Crippen molar-refractivity contribution in [2.24, 2.45) is 0 Å². The zero-order chi connectivity index (χ0) is 24.9. The maximum absolute atomic E-state index is 13.6. The van der Waals surface area contributed by atoms with Gasteiger partial charge in [-0.3, -0.25) is 13.9 Å². The molecule has 1 aromatic carbocycles. The molecule has 2 aromatic rings. The van der Waals surface area contributed by atoms with Gasteiger partial charge < -0.3 is 20.1 Å². The lowest BCUT2D eigenvalue weighted by Crippen LogP contribution is -2.37. The van der Waals surface area contributed by atoms with Crippen LogP contribution in [-0.2, 0) is 18.6 Å². The predicted octanol–water partition coefficient (Wildman–Crippen LogP) is 2.32. The zero-order valence-corrected chi connectivity index (χ0v) is 20.8. The largest absolute Gasteiger partial charge is 0.462 e. The van der Waals surface area contributed by atoms with Crippen LogP contribution in [0.25, 0.3) is 0 Å². The van der Waals surface area contributed by atoms with Crippen molar-refractivity contribution in [1.29, 1.82) is 0 Å². The fraction of sp³-hybridized carbons (Fsp3) is 0.476. The predicted molar refractivity (Wildman–Crippen MR) is 128 cm³/mol. The van der Waals surface area contributed by atoms with Gasteiger partial charge in [-0.1, -0.05) is 18.2 Å². The van der Waals surface area contributed by atoms with Crippen LogP contribution >= 0.6 is 19.5 Å². The highest BCUT2D eigenvalue weighted by Gasteiger charge is 2.39. The van der Waals surface area contributed by atoms with Crippen molar-refractivity contribution in [3.8, 4) is 5.75 Å². The molecule has 3 rings (SSSR count). The van der Waals surface area contributed by atoms with Gasteiger partial charge in [0, 0.05) is 12.6 Å². The van der Waals surface area contributed by atoms with E-state index in [9.17, 15) is 19.3 Å². The monoisotopic (exact) mass is 512 g/mol. The standard InChI is InChI=1S/C21H29N4O7PS/c1-13(2)31-20(27)14(3)24-33(29,32-15-7-5-4-6-8-15)30-12-17-16(26)11-19(34-17)25-10-9-18(22)23-21(25)28/h4-10,13-14,16-17,19,26H,11-12H2,1-3H3,(H,24,29)(H2,22,23,28)/t14-,16-,17+,19-,33-/m0/s1. The Bertz CT molecular complexity index is 1080. The second-order valence-electron chi connectivity index (χ2n) is 8.01. The van der Waals surface area contributed by atoms with Gasteiger partial charge in [-0.15, -0.1) is 11.8 Å². The van der Waals surface area contributed by atoms with E-state index >= 15 is 0 Å². The molecule has 0 unspecified atom stereocenters. The number of nitrogens with one attached hydrogen (secondary N) is 1. The summed E-state index contributed by atoms with van der Waals surface area (Å²) in [5.74, 6) is -0.222. The fourth-order valence-electron chi connectivity index (χ4n) is 3.19. The van der Waals surface area contributed by atoms with Crippen LogP contribution in [0.1, 0.15) is 32.6 Å². The first-order valence-corrected chi connectivity index (χ1v) is 13.2. The van der Waals surface area contributed by atoms with Crippen molar-refractivity contribution in [1.82, 2.24) is 14.6 Å². The lowest BCUT2D eigenvalue weighted by Gasteiger charge is -2.25. The molecule has 0 radical (unpaired) electrons. The molecule has 5 atom stereocenters. The van der Waals surface area contributed by atoms with E-state index < -0.39 is 42.2 Å². The van der Waals surface area contributed by atoms with Crippen LogP contribution in [0.4, 0.5) is 5.82 Å². The van der Waals surface area contributed by atoms with E-state index in [-0.39, 0.29) is 30.7 Å². The summed E-state index contributed by atoms with van der Waals surface area (Å²) in [7, 11) is -4.05. The second kappa shape index (κ2) is 11.4. The lowest BCUT2D eigenvalue weighted by molar-refractivity contribution is -0.149. The topological polar surface area (TPSA) is 155 Å². The van der Waals surface area contributed by atoms with Crippen molar-refractivity contribution >= 4 is 31.3 Å². The normalized spacial score (nSPS) is 22.8. The Balaban J connectivity index is 1.71. The number of aliphatic hydroxyl groups excluding tert-OH is 1. The Hall–Kier alpha value is -2.37. The Morgan fingerprint density at radius 3 is 2.68 bits per heavy atom. The molecule has 11 nitrogen and oxygen atoms in total. The summed E-state index contributed by atoms with van der Waals surface area (Å²) in [6.07, 6.45) is 0.595. The first-order chi connectivity index (χ1) is 16.1. The molecule has 0 spiro atoms. The van der Waals surface area contributed by atoms with Crippen LogP contribution in [0.2, 0.25) is 0 Å². The number of anilines is 1. The van der Waals surface area contributed by atoms with Crippen LogP contribution in [0.15, 0.2) is 47.4 Å². The third-order valence-electron chi connectivity index (χ3n) is 4.80. The highest BCUT2D eigenvalue weighted by Crippen LogP contribution is 2.48. The van der Waals surface area contributed by atoms with Gasteiger partial charge in [-0.05, 0) is 39.0 Å².